The molecule has 0 saturated carbocycles. The molecule has 162 valence electrons. The van der Waals surface area contributed by atoms with Gasteiger partial charge in [-0.05, 0) is 69.5 Å². The van der Waals surface area contributed by atoms with Gasteiger partial charge < -0.3 is 10.2 Å². The number of hydrogen-bond donors (Lipinski definition) is 2. The molecule has 31 heavy (non-hydrogen) atoms. The Hall–Kier alpha value is -3.04. The second-order valence-electron chi connectivity index (χ2n) is 7.91. The van der Waals surface area contributed by atoms with Crippen molar-refractivity contribution in [1.29, 1.82) is 0 Å². The first kappa shape index (κ1) is 21.2. The number of carbonyl (C=O) groups excluding carboxylic acids is 1. The molecular formula is C22H25N5O3S. The lowest BCUT2D eigenvalue weighted by molar-refractivity contribution is 0.0636. The highest BCUT2D eigenvalue weighted by atomic mass is 32.2. The number of nitrogens with one attached hydrogen (secondary N) is 1. The number of fused-ring (bicyclic) bond motifs is 1. The number of amides is 1. The third kappa shape index (κ3) is 4.38. The number of piperidine rings is 1. The fourth-order valence-electron chi connectivity index (χ4n) is 3.90. The van der Waals surface area contributed by atoms with E-state index in [0.717, 1.165) is 30.3 Å². The molecule has 8 nitrogen and oxygen atoms in total. The molecule has 1 aromatic carbocycles. The second kappa shape index (κ2) is 8.24. The third-order valence-corrected chi connectivity index (χ3v) is 6.54. The normalized spacial score (nSPS) is 17.0. The van der Waals surface area contributed by atoms with Crippen molar-refractivity contribution in [3.8, 4) is 0 Å². The Kier molecular flexibility index (Phi) is 5.63. The topological polar surface area (TPSA) is 118 Å². The fraction of sp³-hybridized carbons (Fsp3) is 0.318. The Bertz CT molecular complexity index is 1240. The Morgan fingerprint density at radius 1 is 1.16 bits per heavy atom. The number of benzene rings is 1. The minimum atomic E-state index is -3.78. The van der Waals surface area contributed by atoms with Gasteiger partial charge in [0.2, 0.25) is 10.0 Å². The number of aryl methyl sites for hydroxylation is 1. The van der Waals surface area contributed by atoms with Gasteiger partial charge in [0.05, 0.1) is 16.1 Å². The maximum absolute atomic E-state index is 13.4. The van der Waals surface area contributed by atoms with E-state index in [9.17, 15) is 13.2 Å². The second-order valence-corrected chi connectivity index (χ2v) is 9.47. The maximum atomic E-state index is 13.4. The van der Waals surface area contributed by atoms with Crippen LogP contribution >= 0.6 is 0 Å². The zero-order valence-corrected chi connectivity index (χ0v) is 18.3. The van der Waals surface area contributed by atoms with Crippen LogP contribution in [0.2, 0.25) is 0 Å². The molecule has 1 saturated heterocycles. The number of pyridine rings is 2. The van der Waals surface area contributed by atoms with Crippen molar-refractivity contribution in [2.45, 2.75) is 44.0 Å². The van der Waals surface area contributed by atoms with Gasteiger partial charge in [0.15, 0.2) is 5.65 Å². The molecule has 0 bridgehead atoms. The molecule has 9 heteroatoms. The number of aromatic nitrogens is 2. The molecule has 1 fully saturated rings. The van der Waals surface area contributed by atoms with Crippen molar-refractivity contribution in [2.75, 3.05) is 11.9 Å². The fourth-order valence-corrected chi connectivity index (χ4v) is 4.41. The standard InChI is InChI=1S/C22H25N5O3S/c1-14-6-11-18-20(26-16-7-9-17(10-8-16)31(23,29)30)19(13-24-21(18)25-14)22(28)27-12-4-3-5-15(27)2/h6-11,13,15H,3-5,12H2,1-2H3,(H2,23,29,30)(H,24,25,26)/t15-/m1/s1. The summed E-state index contributed by atoms with van der Waals surface area (Å²) in [4.78, 5) is 24.3. The highest BCUT2D eigenvalue weighted by molar-refractivity contribution is 7.89. The molecule has 1 atom stereocenters. The Balaban J connectivity index is 1.79. The summed E-state index contributed by atoms with van der Waals surface area (Å²) in [6.07, 6.45) is 4.64. The van der Waals surface area contributed by atoms with E-state index in [0.29, 0.717) is 29.1 Å². The first-order valence-corrected chi connectivity index (χ1v) is 11.8. The van der Waals surface area contributed by atoms with Crippen LogP contribution < -0.4 is 10.5 Å². The van der Waals surface area contributed by atoms with Gasteiger partial charge in [0.25, 0.3) is 5.91 Å². The van der Waals surface area contributed by atoms with Crippen LogP contribution in [0, 0.1) is 6.92 Å². The average Bonchev–Trinajstić information content (AvgIpc) is 2.73. The molecule has 1 aliphatic heterocycles. The van der Waals surface area contributed by atoms with Gasteiger partial charge in [-0.15, -0.1) is 0 Å². The zero-order chi connectivity index (χ0) is 22.2. The third-order valence-electron chi connectivity index (χ3n) is 5.62. The highest BCUT2D eigenvalue weighted by Gasteiger charge is 2.27. The molecule has 3 heterocycles. The summed E-state index contributed by atoms with van der Waals surface area (Å²) in [5, 5.41) is 9.20. The van der Waals surface area contributed by atoms with E-state index in [2.05, 4.69) is 22.2 Å². The molecule has 1 aliphatic rings. The van der Waals surface area contributed by atoms with Crippen LogP contribution in [0.5, 0.6) is 0 Å². The van der Waals surface area contributed by atoms with Crippen molar-refractivity contribution in [2.24, 2.45) is 5.14 Å². The van der Waals surface area contributed by atoms with Crippen LogP contribution in [0.15, 0.2) is 47.5 Å². The monoisotopic (exact) mass is 439 g/mol. The molecule has 2 aromatic heterocycles. The number of anilines is 2. The lowest BCUT2D eigenvalue weighted by Crippen LogP contribution is -2.42. The largest absolute Gasteiger partial charge is 0.354 e. The van der Waals surface area contributed by atoms with Gasteiger partial charge in [-0.2, -0.15) is 0 Å². The Morgan fingerprint density at radius 2 is 1.90 bits per heavy atom. The molecule has 3 N–H and O–H groups in total. The van der Waals surface area contributed by atoms with E-state index >= 15 is 0 Å². The summed E-state index contributed by atoms with van der Waals surface area (Å²) in [6.45, 7) is 4.66. The lowest BCUT2D eigenvalue weighted by atomic mass is 10.0. The number of carbonyl (C=O) groups is 1. The van der Waals surface area contributed by atoms with E-state index in [-0.39, 0.29) is 16.8 Å². The predicted molar refractivity (Wildman–Crippen MR) is 120 cm³/mol. The van der Waals surface area contributed by atoms with Crippen molar-refractivity contribution < 1.29 is 13.2 Å². The van der Waals surface area contributed by atoms with E-state index in [1.165, 1.54) is 12.1 Å². The number of primary sulfonamides is 1. The van der Waals surface area contributed by atoms with Crippen LogP contribution in [0.1, 0.15) is 42.2 Å². The number of likely N-dealkylation sites (tertiary alicyclic amines) is 1. The van der Waals surface area contributed by atoms with Crippen molar-refractivity contribution in [1.82, 2.24) is 14.9 Å². The molecule has 0 unspecified atom stereocenters. The van der Waals surface area contributed by atoms with E-state index in [1.807, 2.05) is 24.0 Å². The number of nitrogens with zero attached hydrogens (tertiary/aromatic N) is 3. The highest BCUT2D eigenvalue weighted by Crippen LogP contribution is 2.31. The molecule has 0 spiro atoms. The van der Waals surface area contributed by atoms with Gasteiger partial charge in [-0.3, -0.25) is 4.79 Å². The Labute approximate surface area is 181 Å². The minimum absolute atomic E-state index is 0.0216. The van der Waals surface area contributed by atoms with Crippen LogP contribution in [0.3, 0.4) is 0 Å². The van der Waals surface area contributed by atoms with Gasteiger partial charge in [0.1, 0.15) is 0 Å². The lowest BCUT2D eigenvalue weighted by Gasteiger charge is -2.34. The zero-order valence-electron chi connectivity index (χ0n) is 17.5. The van der Waals surface area contributed by atoms with Crippen molar-refractivity contribution in [3.63, 3.8) is 0 Å². The summed E-state index contributed by atoms with van der Waals surface area (Å²) >= 11 is 0. The molecule has 3 aromatic rings. The average molecular weight is 440 g/mol. The van der Waals surface area contributed by atoms with Crippen LogP contribution in [0.25, 0.3) is 11.0 Å². The first-order chi connectivity index (χ1) is 14.7. The summed E-state index contributed by atoms with van der Waals surface area (Å²) in [5.41, 5.74) is 3.05. The first-order valence-electron chi connectivity index (χ1n) is 10.2. The summed E-state index contributed by atoms with van der Waals surface area (Å²) in [5.74, 6) is -0.0779. The predicted octanol–water partition coefficient (Wildman–Crippen LogP) is 3.34. The quantitative estimate of drug-likeness (QED) is 0.644. The van der Waals surface area contributed by atoms with Crippen molar-refractivity contribution in [3.05, 3.63) is 53.9 Å². The van der Waals surface area contributed by atoms with Crippen molar-refractivity contribution >= 4 is 38.3 Å². The van der Waals surface area contributed by atoms with Gasteiger partial charge in [0, 0.05) is 35.6 Å². The van der Waals surface area contributed by atoms with Crippen LogP contribution in [-0.4, -0.2) is 41.8 Å². The maximum Gasteiger partial charge on any atom is 0.257 e. The summed E-state index contributed by atoms with van der Waals surface area (Å²) in [7, 11) is -3.78. The molecule has 4 rings (SSSR count). The van der Waals surface area contributed by atoms with E-state index in [1.54, 1.807) is 18.3 Å². The SMILES string of the molecule is Cc1ccc2c(Nc3ccc(S(N)(=O)=O)cc3)c(C(=O)N3CCCC[C@H]3C)cnc2n1. The number of rotatable bonds is 4. The summed E-state index contributed by atoms with van der Waals surface area (Å²) in [6, 6.07) is 10.0. The van der Waals surface area contributed by atoms with Crippen LogP contribution in [-0.2, 0) is 10.0 Å². The number of nitrogens with two attached hydrogens (primary N) is 1. The van der Waals surface area contributed by atoms with Gasteiger partial charge in [-0.25, -0.2) is 23.5 Å². The molecule has 0 radical (unpaired) electrons. The molecule has 0 aliphatic carbocycles. The molecular weight excluding hydrogens is 414 g/mol. The van der Waals surface area contributed by atoms with Gasteiger partial charge in [-0.1, -0.05) is 0 Å². The molecule has 1 amide bonds. The number of sulfonamides is 1. The van der Waals surface area contributed by atoms with E-state index < -0.39 is 10.0 Å². The van der Waals surface area contributed by atoms with E-state index in [4.69, 9.17) is 5.14 Å². The summed E-state index contributed by atoms with van der Waals surface area (Å²) < 4.78 is 23.1. The van der Waals surface area contributed by atoms with Gasteiger partial charge >= 0.3 is 0 Å². The Morgan fingerprint density at radius 3 is 2.58 bits per heavy atom. The number of hydrogen-bond acceptors (Lipinski definition) is 6. The smallest absolute Gasteiger partial charge is 0.257 e. The van der Waals surface area contributed by atoms with Crippen LogP contribution in [0.4, 0.5) is 11.4 Å². The minimum Gasteiger partial charge on any atom is -0.354 e.